The molecule has 0 spiro atoms. The lowest BCUT2D eigenvalue weighted by Gasteiger charge is -2.29. The quantitative estimate of drug-likeness (QED) is 0.821. The van der Waals surface area contributed by atoms with Crippen LogP contribution in [0.3, 0.4) is 0 Å². The second-order valence-corrected chi connectivity index (χ2v) is 4.80. The van der Waals surface area contributed by atoms with Crippen LogP contribution in [0.4, 0.5) is 0 Å². The lowest BCUT2D eigenvalue weighted by molar-refractivity contribution is 0.403. The first-order valence-electron chi connectivity index (χ1n) is 6.67. The highest BCUT2D eigenvalue weighted by atomic mass is 16.5. The van der Waals surface area contributed by atoms with E-state index in [1.807, 2.05) is 6.07 Å². The predicted octanol–water partition coefficient (Wildman–Crippen LogP) is 3.07. The Bertz CT molecular complexity index is 447. The summed E-state index contributed by atoms with van der Waals surface area (Å²) >= 11 is 0. The van der Waals surface area contributed by atoms with Gasteiger partial charge in [0.25, 0.3) is 0 Å². The molecule has 96 valence electrons. The summed E-state index contributed by atoms with van der Waals surface area (Å²) in [5.74, 6) is 3.74. The number of fused-ring (bicyclic) bond motifs is 1. The fraction of sp³-hybridized carbons (Fsp3) is 0.500. The van der Waals surface area contributed by atoms with Gasteiger partial charge in [0, 0.05) is 6.04 Å². The predicted molar refractivity (Wildman–Crippen MR) is 74.7 cm³/mol. The van der Waals surface area contributed by atoms with Crippen molar-refractivity contribution in [2.45, 2.75) is 44.7 Å². The van der Waals surface area contributed by atoms with Crippen molar-refractivity contribution in [2.75, 3.05) is 7.11 Å². The fourth-order valence-corrected chi connectivity index (χ4v) is 2.60. The van der Waals surface area contributed by atoms with Gasteiger partial charge in [-0.3, -0.25) is 5.32 Å². The molecule has 18 heavy (non-hydrogen) atoms. The molecule has 1 aliphatic rings. The third-order valence-electron chi connectivity index (χ3n) is 3.68. The van der Waals surface area contributed by atoms with Crippen LogP contribution in [-0.2, 0) is 6.42 Å². The summed E-state index contributed by atoms with van der Waals surface area (Å²) in [7, 11) is 1.71. The smallest absolute Gasteiger partial charge is 0.119 e. The average molecular weight is 243 g/mol. The minimum absolute atomic E-state index is 0.159. The normalized spacial score (nSPS) is 19.7. The summed E-state index contributed by atoms with van der Waals surface area (Å²) in [4.78, 5) is 0. The summed E-state index contributed by atoms with van der Waals surface area (Å²) < 4.78 is 5.32. The molecule has 0 radical (unpaired) electrons. The molecule has 2 heteroatoms. The van der Waals surface area contributed by atoms with E-state index in [1.54, 1.807) is 7.11 Å². The second kappa shape index (κ2) is 5.93. The molecule has 1 aromatic rings. The van der Waals surface area contributed by atoms with E-state index in [4.69, 9.17) is 11.2 Å². The number of benzene rings is 1. The van der Waals surface area contributed by atoms with Crippen molar-refractivity contribution in [3.8, 4) is 18.1 Å². The molecule has 0 aliphatic heterocycles. The van der Waals surface area contributed by atoms with Crippen molar-refractivity contribution in [1.82, 2.24) is 5.32 Å². The minimum atomic E-state index is 0.159. The van der Waals surface area contributed by atoms with Crippen LogP contribution < -0.4 is 10.1 Å². The maximum atomic E-state index is 5.54. The average Bonchev–Trinajstić information content (AvgIpc) is 2.44. The van der Waals surface area contributed by atoms with Crippen LogP contribution >= 0.6 is 0 Å². The van der Waals surface area contributed by atoms with E-state index < -0.39 is 0 Å². The number of hydrogen-bond acceptors (Lipinski definition) is 2. The maximum absolute atomic E-state index is 5.54. The van der Waals surface area contributed by atoms with E-state index >= 15 is 0 Å². The Morgan fingerprint density at radius 3 is 3.06 bits per heavy atom. The van der Waals surface area contributed by atoms with Crippen LogP contribution in [0, 0.1) is 12.3 Å². The van der Waals surface area contributed by atoms with E-state index in [0.29, 0.717) is 6.04 Å². The third-order valence-corrected chi connectivity index (χ3v) is 3.68. The van der Waals surface area contributed by atoms with Crippen molar-refractivity contribution >= 4 is 0 Å². The molecule has 1 N–H and O–H groups in total. The number of methoxy groups -OCH3 is 1. The molecule has 0 saturated heterocycles. The highest BCUT2D eigenvalue weighted by Crippen LogP contribution is 2.32. The largest absolute Gasteiger partial charge is 0.497 e. The molecule has 2 atom stereocenters. The van der Waals surface area contributed by atoms with E-state index in [1.165, 1.54) is 17.5 Å². The minimum Gasteiger partial charge on any atom is -0.497 e. The summed E-state index contributed by atoms with van der Waals surface area (Å²) in [6, 6.07) is 6.89. The molecule has 0 amide bonds. The van der Waals surface area contributed by atoms with E-state index in [9.17, 15) is 0 Å². The van der Waals surface area contributed by atoms with Crippen molar-refractivity contribution in [1.29, 1.82) is 0 Å². The van der Waals surface area contributed by atoms with Gasteiger partial charge in [-0.15, -0.1) is 6.42 Å². The van der Waals surface area contributed by atoms with Crippen molar-refractivity contribution in [3.63, 3.8) is 0 Å². The molecule has 2 nitrogen and oxygen atoms in total. The first-order valence-corrected chi connectivity index (χ1v) is 6.67. The van der Waals surface area contributed by atoms with Gasteiger partial charge >= 0.3 is 0 Å². The van der Waals surface area contributed by atoms with E-state index in [2.05, 4.69) is 30.3 Å². The zero-order valence-corrected chi connectivity index (χ0v) is 11.2. The van der Waals surface area contributed by atoms with Crippen molar-refractivity contribution in [2.24, 2.45) is 0 Å². The zero-order valence-electron chi connectivity index (χ0n) is 11.2. The van der Waals surface area contributed by atoms with Crippen LogP contribution in [-0.4, -0.2) is 13.2 Å². The lowest BCUT2D eigenvalue weighted by Crippen LogP contribution is -2.33. The van der Waals surface area contributed by atoms with Crippen LogP contribution in [0.25, 0.3) is 0 Å². The van der Waals surface area contributed by atoms with Gasteiger partial charge in [0.05, 0.1) is 13.2 Å². The molecule has 2 unspecified atom stereocenters. The standard InChI is InChI=1S/C16H21NO/c1-4-13(5-2)17-16-8-6-7-12-9-10-14(18-3)11-15(12)16/h1,9-11,13,16-17H,5-8H2,2-3H3. The van der Waals surface area contributed by atoms with Crippen LogP contribution in [0.5, 0.6) is 5.75 Å². The highest BCUT2D eigenvalue weighted by molar-refractivity contribution is 5.39. The van der Waals surface area contributed by atoms with Crippen molar-refractivity contribution < 1.29 is 4.74 Å². The lowest BCUT2D eigenvalue weighted by atomic mass is 9.87. The molecule has 0 saturated carbocycles. The van der Waals surface area contributed by atoms with Gasteiger partial charge in [-0.05, 0) is 48.9 Å². The van der Waals surface area contributed by atoms with E-state index in [0.717, 1.165) is 25.0 Å². The second-order valence-electron chi connectivity index (χ2n) is 4.80. The van der Waals surface area contributed by atoms with Gasteiger partial charge in [0.1, 0.15) is 5.75 Å². The van der Waals surface area contributed by atoms with Gasteiger partial charge in [-0.25, -0.2) is 0 Å². The van der Waals surface area contributed by atoms with Crippen LogP contribution in [0.15, 0.2) is 18.2 Å². The van der Waals surface area contributed by atoms with Gasteiger partial charge in [-0.1, -0.05) is 18.9 Å². The molecular weight excluding hydrogens is 222 g/mol. The maximum Gasteiger partial charge on any atom is 0.119 e. The Kier molecular flexibility index (Phi) is 4.28. The molecule has 2 rings (SSSR count). The van der Waals surface area contributed by atoms with Crippen LogP contribution in [0.1, 0.15) is 43.4 Å². The molecule has 0 aromatic heterocycles. The molecular formula is C16H21NO. The first-order chi connectivity index (χ1) is 8.78. The highest BCUT2D eigenvalue weighted by Gasteiger charge is 2.22. The van der Waals surface area contributed by atoms with E-state index in [-0.39, 0.29) is 6.04 Å². The Morgan fingerprint density at radius 2 is 2.39 bits per heavy atom. The number of hydrogen-bond donors (Lipinski definition) is 1. The summed E-state index contributed by atoms with van der Waals surface area (Å²) in [5, 5.41) is 3.57. The molecule has 1 aliphatic carbocycles. The number of terminal acetylenes is 1. The third kappa shape index (κ3) is 2.68. The molecule has 0 fully saturated rings. The first kappa shape index (κ1) is 13.0. The number of nitrogens with one attached hydrogen (secondary N) is 1. The number of ether oxygens (including phenoxy) is 1. The zero-order chi connectivity index (χ0) is 13.0. The van der Waals surface area contributed by atoms with Gasteiger partial charge < -0.3 is 4.74 Å². The van der Waals surface area contributed by atoms with Gasteiger partial charge in [-0.2, -0.15) is 0 Å². The SMILES string of the molecule is C#CC(CC)NC1CCCc2ccc(OC)cc21. The monoisotopic (exact) mass is 243 g/mol. The topological polar surface area (TPSA) is 21.3 Å². The molecule has 1 aromatic carbocycles. The van der Waals surface area contributed by atoms with Crippen LogP contribution in [0.2, 0.25) is 0 Å². The Hall–Kier alpha value is -1.46. The Labute approximate surface area is 110 Å². The Morgan fingerprint density at radius 1 is 1.56 bits per heavy atom. The summed E-state index contributed by atoms with van der Waals surface area (Å²) in [6.07, 6.45) is 10.0. The number of rotatable bonds is 4. The van der Waals surface area contributed by atoms with Gasteiger partial charge in [0.2, 0.25) is 0 Å². The molecule has 0 bridgehead atoms. The number of aryl methyl sites for hydroxylation is 1. The Balaban J connectivity index is 2.23. The van der Waals surface area contributed by atoms with Crippen molar-refractivity contribution in [3.05, 3.63) is 29.3 Å². The summed E-state index contributed by atoms with van der Waals surface area (Å²) in [6.45, 7) is 2.12. The van der Waals surface area contributed by atoms with Gasteiger partial charge in [0.15, 0.2) is 0 Å². The fourth-order valence-electron chi connectivity index (χ4n) is 2.60. The molecule has 0 heterocycles. The summed E-state index contributed by atoms with van der Waals surface area (Å²) in [5.41, 5.74) is 2.78.